The number of rotatable bonds is 5. The summed E-state index contributed by atoms with van der Waals surface area (Å²) >= 11 is 0. The number of hydrogen-bond donors (Lipinski definition) is 1. The Morgan fingerprint density at radius 1 is 1.30 bits per heavy atom. The van der Waals surface area contributed by atoms with E-state index in [0.717, 1.165) is 5.75 Å². The maximum absolute atomic E-state index is 12.3. The normalized spacial score (nSPS) is 17.3. The van der Waals surface area contributed by atoms with Gasteiger partial charge in [-0.25, -0.2) is 9.48 Å². The Morgan fingerprint density at radius 3 is 2.83 bits per heavy atom. The van der Waals surface area contributed by atoms with Crippen molar-refractivity contribution in [1.29, 1.82) is 0 Å². The van der Waals surface area contributed by atoms with Gasteiger partial charge in [0.05, 0.1) is 12.5 Å². The van der Waals surface area contributed by atoms with Crippen LogP contribution in [0.4, 0.5) is 0 Å². The highest BCUT2D eigenvalue weighted by Crippen LogP contribution is 2.18. The lowest BCUT2D eigenvalue weighted by atomic mass is 10.0. The molecule has 122 valence electrons. The molecule has 1 unspecified atom stereocenters. The van der Waals surface area contributed by atoms with Gasteiger partial charge in [-0.1, -0.05) is 18.2 Å². The summed E-state index contributed by atoms with van der Waals surface area (Å²) in [6.07, 6.45) is 1.50. The minimum Gasteiger partial charge on any atom is -0.492 e. The van der Waals surface area contributed by atoms with Crippen LogP contribution in [0.15, 0.2) is 35.1 Å². The summed E-state index contributed by atoms with van der Waals surface area (Å²) in [6, 6.07) is 9.40. The van der Waals surface area contributed by atoms with Crippen LogP contribution in [0.25, 0.3) is 0 Å². The van der Waals surface area contributed by atoms with E-state index < -0.39 is 11.9 Å². The second-order valence-corrected chi connectivity index (χ2v) is 5.60. The first-order chi connectivity index (χ1) is 11.1. The van der Waals surface area contributed by atoms with E-state index >= 15 is 0 Å². The molecule has 1 aliphatic heterocycles. The number of para-hydroxylation sites is 1. The molecule has 0 radical (unpaired) electrons. The van der Waals surface area contributed by atoms with Crippen molar-refractivity contribution >= 4 is 5.97 Å². The Balaban J connectivity index is 1.64. The summed E-state index contributed by atoms with van der Waals surface area (Å²) in [6.45, 7) is 1.14. The number of carbonyl (C=O) groups is 1. The summed E-state index contributed by atoms with van der Waals surface area (Å²) in [7, 11) is 0. The van der Waals surface area contributed by atoms with Crippen LogP contribution in [0.2, 0.25) is 0 Å². The zero-order valence-corrected chi connectivity index (χ0v) is 12.7. The summed E-state index contributed by atoms with van der Waals surface area (Å²) < 4.78 is 8.57. The molecule has 0 aliphatic carbocycles. The van der Waals surface area contributed by atoms with Crippen LogP contribution in [0.5, 0.6) is 5.75 Å². The number of carboxylic acids is 1. The third-order valence-corrected chi connectivity index (χ3v) is 4.08. The van der Waals surface area contributed by atoms with Gasteiger partial charge in [0.2, 0.25) is 0 Å². The van der Waals surface area contributed by atoms with Gasteiger partial charge >= 0.3 is 11.7 Å². The largest absolute Gasteiger partial charge is 0.492 e. The third kappa shape index (κ3) is 3.44. The highest BCUT2D eigenvalue weighted by Gasteiger charge is 2.24. The first-order valence-electron chi connectivity index (χ1n) is 7.72. The number of hydrogen-bond acceptors (Lipinski definition) is 4. The standard InChI is InChI=1S/C16H19N3O4/c20-15(21)12-6-7-14-17-19(16(22)18(14)9-8-12)10-11-23-13-4-2-1-3-5-13/h1-5,12H,6-11H2,(H,20,21). The molecule has 7 nitrogen and oxygen atoms in total. The fourth-order valence-electron chi connectivity index (χ4n) is 2.79. The first kappa shape index (κ1) is 15.3. The number of nitrogens with zero attached hydrogens (tertiary/aromatic N) is 3. The molecule has 0 bridgehead atoms. The van der Waals surface area contributed by atoms with Gasteiger partial charge in [0, 0.05) is 13.0 Å². The van der Waals surface area contributed by atoms with Gasteiger partial charge in [-0.05, 0) is 25.0 Å². The Hall–Kier alpha value is -2.57. The zero-order valence-electron chi connectivity index (χ0n) is 12.7. The lowest BCUT2D eigenvalue weighted by Crippen LogP contribution is -2.27. The molecule has 2 aromatic rings. The van der Waals surface area contributed by atoms with Crippen molar-refractivity contribution in [2.24, 2.45) is 5.92 Å². The van der Waals surface area contributed by atoms with Crippen LogP contribution in [-0.2, 0) is 24.3 Å². The van der Waals surface area contributed by atoms with Crippen LogP contribution in [0, 0.1) is 5.92 Å². The van der Waals surface area contributed by atoms with Crippen LogP contribution < -0.4 is 10.4 Å². The lowest BCUT2D eigenvalue weighted by Gasteiger charge is -2.07. The molecule has 0 fully saturated rings. The van der Waals surface area contributed by atoms with Crippen LogP contribution in [0.3, 0.4) is 0 Å². The monoisotopic (exact) mass is 317 g/mol. The fraction of sp³-hybridized carbons (Fsp3) is 0.438. The molecule has 1 aliphatic rings. The van der Waals surface area contributed by atoms with Crippen molar-refractivity contribution in [3.05, 3.63) is 46.6 Å². The molecule has 1 atom stereocenters. The molecule has 7 heteroatoms. The van der Waals surface area contributed by atoms with Crippen LogP contribution in [-0.4, -0.2) is 32.0 Å². The minimum atomic E-state index is -0.799. The molecular formula is C16H19N3O4. The van der Waals surface area contributed by atoms with Crippen molar-refractivity contribution < 1.29 is 14.6 Å². The molecule has 1 aromatic heterocycles. The smallest absolute Gasteiger partial charge is 0.346 e. The Morgan fingerprint density at radius 2 is 2.09 bits per heavy atom. The van der Waals surface area contributed by atoms with Gasteiger partial charge < -0.3 is 9.84 Å². The van der Waals surface area contributed by atoms with E-state index in [4.69, 9.17) is 9.84 Å². The highest BCUT2D eigenvalue weighted by atomic mass is 16.5. The second kappa shape index (κ2) is 6.68. The second-order valence-electron chi connectivity index (χ2n) is 5.60. The summed E-state index contributed by atoms with van der Waals surface area (Å²) in [5, 5.41) is 13.4. The average Bonchev–Trinajstić information content (AvgIpc) is 2.73. The van der Waals surface area contributed by atoms with Crippen molar-refractivity contribution in [2.75, 3.05) is 6.61 Å². The summed E-state index contributed by atoms with van der Waals surface area (Å²) in [4.78, 5) is 23.4. The first-order valence-corrected chi connectivity index (χ1v) is 7.72. The van der Waals surface area contributed by atoms with Gasteiger partial charge in [-0.15, -0.1) is 0 Å². The lowest BCUT2D eigenvalue weighted by molar-refractivity contribution is -0.142. The molecular weight excluding hydrogens is 298 g/mol. The van der Waals surface area contributed by atoms with E-state index in [9.17, 15) is 9.59 Å². The molecule has 1 N–H and O–H groups in total. The van der Waals surface area contributed by atoms with Gasteiger partial charge in [0.15, 0.2) is 0 Å². The molecule has 23 heavy (non-hydrogen) atoms. The third-order valence-electron chi connectivity index (χ3n) is 4.08. The van der Waals surface area contributed by atoms with Crippen LogP contribution >= 0.6 is 0 Å². The SMILES string of the molecule is O=C(O)C1CCc2nn(CCOc3ccccc3)c(=O)n2CC1. The maximum Gasteiger partial charge on any atom is 0.346 e. The van der Waals surface area contributed by atoms with E-state index in [0.29, 0.717) is 44.8 Å². The number of benzene rings is 1. The summed E-state index contributed by atoms with van der Waals surface area (Å²) in [5.41, 5.74) is -0.192. The predicted octanol–water partition coefficient (Wildman–Crippen LogP) is 1.16. The van der Waals surface area contributed by atoms with Gasteiger partial charge in [-0.3, -0.25) is 9.36 Å². The molecule has 3 rings (SSSR count). The van der Waals surface area contributed by atoms with Crippen molar-refractivity contribution in [1.82, 2.24) is 14.3 Å². The number of aromatic nitrogens is 3. The Kier molecular flexibility index (Phi) is 4.45. The quantitative estimate of drug-likeness (QED) is 0.894. The van der Waals surface area contributed by atoms with E-state index in [1.165, 1.54) is 4.68 Å². The van der Waals surface area contributed by atoms with Crippen LogP contribution in [0.1, 0.15) is 18.7 Å². The van der Waals surface area contributed by atoms with E-state index in [-0.39, 0.29) is 5.69 Å². The van der Waals surface area contributed by atoms with E-state index in [2.05, 4.69) is 5.10 Å². The molecule has 0 amide bonds. The molecule has 2 heterocycles. The number of carboxylic acid groups (broad SMARTS) is 1. The molecule has 1 aromatic carbocycles. The van der Waals surface area contributed by atoms with E-state index in [1.807, 2.05) is 30.3 Å². The predicted molar refractivity (Wildman–Crippen MR) is 82.5 cm³/mol. The van der Waals surface area contributed by atoms with Crippen molar-refractivity contribution in [3.8, 4) is 5.75 Å². The van der Waals surface area contributed by atoms with Crippen molar-refractivity contribution in [2.45, 2.75) is 32.4 Å². The van der Waals surface area contributed by atoms with Crippen molar-refractivity contribution in [3.63, 3.8) is 0 Å². The Labute approximate surface area is 133 Å². The summed E-state index contributed by atoms with van der Waals surface area (Å²) in [5.74, 6) is 0.224. The zero-order chi connectivity index (χ0) is 16.2. The number of aryl methyl sites for hydroxylation is 1. The number of fused-ring (bicyclic) bond motifs is 1. The fourth-order valence-corrected chi connectivity index (χ4v) is 2.79. The topological polar surface area (TPSA) is 86.3 Å². The van der Waals surface area contributed by atoms with Gasteiger partial charge in [0.25, 0.3) is 0 Å². The molecule has 0 spiro atoms. The van der Waals surface area contributed by atoms with Gasteiger partial charge in [0.1, 0.15) is 18.2 Å². The molecule has 0 saturated carbocycles. The minimum absolute atomic E-state index is 0.192. The van der Waals surface area contributed by atoms with E-state index in [1.54, 1.807) is 4.57 Å². The van der Waals surface area contributed by atoms with Gasteiger partial charge in [-0.2, -0.15) is 5.10 Å². The number of aliphatic carboxylic acids is 1. The highest BCUT2D eigenvalue weighted by molar-refractivity contribution is 5.69. The Bertz CT molecular complexity index is 736. The average molecular weight is 317 g/mol. The maximum atomic E-state index is 12.3. The molecule has 0 saturated heterocycles. The number of ether oxygens (including phenoxy) is 1.